The molecule has 2 atom stereocenters. The molecule has 0 spiro atoms. The van der Waals surface area contributed by atoms with Gasteiger partial charge in [0, 0.05) is 43.0 Å². The lowest BCUT2D eigenvalue weighted by Gasteiger charge is -2.43. The number of ether oxygens (including phenoxy) is 1. The number of thiocarbonyl (C=S) groups is 1. The number of hydrogen-bond acceptors (Lipinski definition) is 5. The maximum Gasteiger partial charge on any atom is 0.250 e. The van der Waals surface area contributed by atoms with Crippen LogP contribution in [0.25, 0.3) is 0 Å². The topological polar surface area (TPSA) is 63.6 Å². The molecular weight excluding hydrogens is 406 g/mol. The Balaban J connectivity index is 1.32. The third-order valence-corrected chi connectivity index (χ3v) is 6.96. The first-order chi connectivity index (χ1) is 14.0. The summed E-state index contributed by atoms with van der Waals surface area (Å²) in [6, 6.07) is 12.8. The highest BCUT2D eigenvalue weighted by Crippen LogP contribution is 2.36. The number of hydrogen-bond donors (Lipinski definition) is 1. The van der Waals surface area contributed by atoms with Gasteiger partial charge in [-0.1, -0.05) is 30.0 Å². The number of likely N-dealkylation sites (tertiary alicyclic amines) is 1. The normalized spacial score (nSPS) is 20.0. The summed E-state index contributed by atoms with van der Waals surface area (Å²) in [6.45, 7) is 2.38. The van der Waals surface area contributed by atoms with Crippen molar-refractivity contribution in [1.29, 1.82) is 0 Å². The fourth-order valence-corrected chi connectivity index (χ4v) is 5.12. The summed E-state index contributed by atoms with van der Waals surface area (Å²) < 4.78 is 7.78. The molecule has 0 aliphatic carbocycles. The smallest absolute Gasteiger partial charge is 0.250 e. The second-order valence-electron chi connectivity index (χ2n) is 7.43. The minimum absolute atomic E-state index is 0.0813. The van der Waals surface area contributed by atoms with Crippen LogP contribution in [-0.2, 0) is 11.3 Å². The number of piperidine rings is 1. The van der Waals surface area contributed by atoms with Crippen LogP contribution in [0.2, 0.25) is 0 Å². The zero-order chi connectivity index (χ0) is 20.4. The van der Waals surface area contributed by atoms with Crippen molar-refractivity contribution in [2.45, 2.75) is 18.9 Å². The summed E-state index contributed by atoms with van der Waals surface area (Å²) >= 11 is 7.01. The number of thioether (sulfide) groups is 1. The molecular formula is C21H23N3O3S2. The molecule has 2 aromatic rings. The van der Waals surface area contributed by atoms with Gasteiger partial charge in [0.2, 0.25) is 5.91 Å². The SMILES string of the molecule is COc1ccc(NC(=O)CSC(=S)N2C[C@H]3C[C@@H](C2)c2cccc(=O)n2C3)cc1. The number of aromatic nitrogens is 1. The monoisotopic (exact) mass is 429 g/mol. The Morgan fingerprint density at radius 3 is 2.76 bits per heavy atom. The Morgan fingerprint density at radius 2 is 2.00 bits per heavy atom. The number of benzene rings is 1. The van der Waals surface area contributed by atoms with Gasteiger partial charge in [-0.3, -0.25) is 9.59 Å². The molecule has 1 aromatic carbocycles. The molecule has 2 aliphatic heterocycles. The molecule has 29 heavy (non-hydrogen) atoms. The van der Waals surface area contributed by atoms with Gasteiger partial charge in [-0.2, -0.15) is 0 Å². The maximum atomic E-state index is 12.3. The average molecular weight is 430 g/mol. The van der Waals surface area contributed by atoms with Crippen LogP contribution in [0.1, 0.15) is 18.0 Å². The van der Waals surface area contributed by atoms with Crippen molar-refractivity contribution in [3.05, 3.63) is 58.5 Å². The highest BCUT2D eigenvalue weighted by atomic mass is 32.2. The third-order valence-electron chi connectivity index (χ3n) is 5.44. The molecule has 0 unspecified atom stereocenters. The van der Waals surface area contributed by atoms with Crippen molar-refractivity contribution in [2.24, 2.45) is 5.92 Å². The van der Waals surface area contributed by atoms with Gasteiger partial charge < -0.3 is 19.5 Å². The van der Waals surface area contributed by atoms with Crippen LogP contribution in [-0.4, -0.2) is 45.6 Å². The number of amides is 1. The van der Waals surface area contributed by atoms with Gasteiger partial charge in [0.1, 0.15) is 10.1 Å². The molecule has 152 valence electrons. The van der Waals surface area contributed by atoms with E-state index in [2.05, 4.69) is 10.2 Å². The highest BCUT2D eigenvalue weighted by Gasteiger charge is 2.35. The summed E-state index contributed by atoms with van der Waals surface area (Å²) in [4.78, 5) is 26.6. The number of pyridine rings is 1. The van der Waals surface area contributed by atoms with Gasteiger partial charge in [-0.05, 0) is 42.7 Å². The number of carbonyl (C=O) groups excluding carboxylic acids is 1. The standard InChI is InChI=1S/C21H23N3O3S2/c1-27-17-7-5-16(6-8-17)22-19(25)13-29-21(28)23-10-14-9-15(12-23)18-3-2-4-20(26)24(18)11-14/h2-8,14-15H,9-13H2,1H3,(H,22,25)/t14-,15+/m1/s1. The Morgan fingerprint density at radius 1 is 1.21 bits per heavy atom. The van der Waals surface area contributed by atoms with Gasteiger partial charge in [-0.25, -0.2) is 0 Å². The second kappa shape index (κ2) is 8.59. The molecule has 1 saturated heterocycles. The number of nitrogens with zero attached hydrogens (tertiary/aromatic N) is 2. The van der Waals surface area contributed by atoms with Crippen LogP contribution in [0, 0.1) is 5.92 Å². The molecule has 2 bridgehead atoms. The van der Waals surface area contributed by atoms with E-state index in [9.17, 15) is 9.59 Å². The van der Waals surface area contributed by atoms with Gasteiger partial charge >= 0.3 is 0 Å². The van der Waals surface area contributed by atoms with E-state index in [1.807, 2.05) is 41.0 Å². The number of carbonyl (C=O) groups is 1. The Hall–Kier alpha value is -2.32. The van der Waals surface area contributed by atoms with Gasteiger partial charge in [-0.15, -0.1) is 0 Å². The number of nitrogens with one attached hydrogen (secondary N) is 1. The van der Waals surface area contributed by atoms with Crippen LogP contribution in [0.15, 0.2) is 47.3 Å². The maximum absolute atomic E-state index is 12.3. The van der Waals surface area contributed by atoms with E-state index >= 15 is 0 Å². The molecule has 3 heterocycles. The molecule has 1 amide bonds. The lowest BCUT2D eigenvalue weighted by atomic mass is 9.83. The Kier molecular flexibility index (Phi) is 5.91. The Labute approximate surface area is 179 Å². The minimum atomic E-state index is -0.0865. The molecule has 0 saturated carbocycles. The largest absolute Gasteiger partial charge is 0.497 e. The molecule has 1 fully saturated rings. The minimum Gasteiger partial charge on any atom is -0.497 e. The van der Waals surface area contributed by atoms with Crippen LogP contribution >= 0.6 is 24.0 Å². The fourth-order valence-electron chi connectivity index (χ4n) is 4.14. The lowest BCUT2D eigenvalue weighted by Crippen LogP contribution is -2.48. The number of anilines is 1. The quantitative estimate of drug-likeness (QED) is 0.754. The van der Waals surface area contributed by atoms with Crippen LogP contribution in [0.4, 0.5) is 5.69 Å². The fraction of sp³-hybridized carbons (Fsp3) is 0.381. The zero-order valence-corrected chi connectivity index (χ0v) is 17.8. The molecule has 4 rings (SSSR count). The number of methoxy groups -OCH3 is 1. The van der Waals surface area contributed by atoms with Crippen molar-refractivity contribution >= 4 is 39.9 Å². The van der Waals surface area contributed by atoms with Crippen LogP contribution < -0.4 is 15.6 Å². The van der Waals surface area contributed by atoms with E-state index in [-0.39, 0.29) is 17.2 Å². The number of fused-ring (bicyclic) bond motifs is 4. The van der Waals surface area contributed by atoms with Crippen LogP contribution in [0.5, 0.6) is 5.75 Å². The van der Waals surface area contributed by atoms with E-state index < -0.39 is 0 Å². The zero-order valence-electron chi connectivity index (χ0n) is 16.2. The molecule has 0 radical (unpaired) electrons. The summed E-state index contributed by atoms with van der Waals surface area (Å²) in [5.74, 6) is 1.65. The molecule has 1 N–H and O–H groups in total. The van der Waals surface area contributed by atoms with Crippen LogP contribution in [0.3, 0.4) is 0 Å². The average Bonchev–Trinajstić information content (AvgIpc) is 2.73. The molecule has 8 heteroatoms. The first kappa shape index (κ1) is 20.0. The van der Waals surface area contributed by atoms with Crippen molar-refractivity contribution in [1.82, 2.24) is 9.47 Å². The van der Waals surface area contributed by atoms with Crippen molar-refractivity contribution in [3.63, 3.8) is 0 Å². The highest BCUT2D eigenvalue weighted by molar-refractivity contribution is 8.23. The first-order valence-electron chi connectivity index (χ1n) is 9.59. The van der Waals surface area contributed by atoms with E-state index in [1.54, 1.807) is 13.2 Å². The first-order valence-corrected chi connectivity index (χ1v) is 11.0. The van der Waals surface area contributed by atoms with Gasteiger partial charge in [0.15, 0.2) is 0 Å². The lowest BCUT2D eigenvalue weighted by molar-refractivity contribution is -0.113. The predicted octanol–water partition coefficient (Wildman–Crippen LogP) is 2.93. The summed E-state index contributed by atoms with van der Waals surface area (Å²) in [6.07, 6.45) is 1.09. The third kappa shape index (κ3) is 4.48. The predicted molar refractivity (Wildman–Crippen MR) is 120 cm³/mol. The molecule has 2 aliphatic rings. The van der Waals surface area contributed by atoms with Gasteiger partial charge in [0.25, 0.3) is 5.56 Å². The van der Waals surface area contributed by atoms with Crippen molar-refractivity contribution < 1.29 is 9.53 Å². The van der Waals surface area contributed by atoms with E-state index in [0.717, 1.165) is 47.5 Å². The van der Waals surface area contributed by atoms with Gasteiger partial charge in [0.05, 0.1) is 12.9 Å². The Bertz CT molecular complexity index is 974. The van der Waals surface area contributed by atoms with E-state index in [4.69, 9.17) is 17.0 Å². The number of rotatable bonds is 4. The summed E-state index contributed by atoms with van der Waals surface area (Å²) in [5, 5.41) is 2.88. The molecule has 1 aromatic heterocycles. The van der Waals surface area contributed by atoms with E-state index in [1.165, 1.54) is 11.8 Å². The second-order valence-corrected chi connectivity index (χ2v) is 9.04. The van der Waals surface area contributed by atoms with Crippen molar-refractivity contribution in [3.8, 4) is 5.75 Å². The summed E-state index contributed by atoms with van der Waals surface area (Å²) in [7, 11) is 1.61. The summed E-state index contributed by atoms with van der Waals surface area (Å²) in [5.41, 5.74) is 1.91. The molecule has 6 nitrogen and oxygen atoms in total. The van der Waals surface area contributed by atoms with E-state index in [0.29, 0.717) is 11.8 Å². The van der Waals surface area contributed by atoms with Crippen molar-refractivity contribution in [2.75, 3.05) is 31.3 Å².